The van der Waals surface area contributed by atoms with Crippen LogP contribution in [-0.2, 0) is 0 Å². The lowest BCUT2D eigenvalue weighted by atomic mass is 10.1. The normalized spacial score (nSPS) is 18.0. The number of benzene rings is 1. The summed E-state index contributed by atoms with van der Waals surface area (Å²) in [7, 11) is 0. The zero-order valence-corrected chi connectivity index (χ0v) is 15.9. The van der Waals surface area contributed by atoms with Crippen LogP contribution in [0.4, 0.5) is 10.3 Å². The largest absolute Gasteiger partial charge is 0.454 e. The molecule has 1 atom stereocenters. The number of ether oxygens (including phenoxy) is 2. The van der Waals surface area contributed by atoms with Crippen LogP contribution in [0.15, 0.2) is 30.5 Å². The number of nitrogens with one attached hydrogen (secondary N) is 1. The molecule has 1 aromatic carbocycles. The van der Waals surface area contributed by atoms with Crippen molar-refractivity contribution in [3.05, 3.63) is 36.0 Å². The van der Waals surface area contributed by atoms with Crippen LogP contribution < -0.4 is 19.7 Å². The first-order valence-corrected chi connectivity index (χ1v) is 9.56. The summed E-state index contributed by atoms with van der Waals surface area (Å²) in [6, 6.07) is 6.56. The van der Waals surface area contributed by atoms with Gasteiger partial charge in [0.25, 0.3) is 0 Å². The van der Waals surface area contributed by atoms with E-state index in [2.05, 4.69) is 50.9 Å². The molecule has 2 aromatic rings. The van der Waals surface area contributed by atoms with Gasteiger partial charge in [-0.1, -0.05) is 24.0 Å². The topological polar surface area (TPSA) is 62.8 Å². The van der Waals surface area contributed by atoms with Gasteiger partial charge < -0.3 is 19.7 Å². The molecule has 0 radical (unpaired) electrons. The molecule has 0 bridgehead atoms. The summed E-state index contributed by atoms with van der Waals surface area (Å²) in [6.07, 6.45) is 0. The lowest BCUT2D eigenvalue weighted by Crippen LogP contribution is -2.47. The molecule has 1 saturated heterocycles. The number of allylic oxidation sites excluding steroid dienone is 1. The Labute approximate surface area is 157 Å². The number of piperazine rings is 1. The molecule has 1 fully saturated rings. The Morgan fingerprint density at radius 1 is 1.19 bits per heavy atom. The van der Waals surface area contributed by atoms with Gasteiger partial charge in [0, 0.05) is 37.9 Å². The van der Waals surface area contributed by atoms with E-state index in [4.69, 9.17) is 9.47 Å². The molecule has 4 rings (SSSR count). The molecule has 0 aliphatic carbocycles. The predicted molar refractivity (Wildman–Crippen MR) is 103 cm³/mol. The molecule has 26 heavy (non-hydrogen) atoms. The fourth-order valence-electron chi connectivity index (χ4n) is 3.26. The number of aromatic nitrogens is 2. The predicted octanol–water partition coefficient (Wildman–Crippen LogP) is 3.10. The number of hydrogen-bond acceptors (Lipinski definition) is 8. The molecule has 1 unspecified atom stereocenters. The molecule has 7 nitrogen and oxygen atoms in total. The Bertz CT molecular complexity index is 801. The Morgan fingerprint density at radius 2 is 1.96 bits per heavy atom. The van der Waals surface area contributed by atoms with Crippen molar-refractivity contribution in [1.82, 2.24) is 15.1 Å². The van der Waals surface area contributed by atoms with Crippen LogP contribution in [0.1, 0.15) is 25.5 Å². The molecule has 2 aliphatic heterocycles. The Balaban J connectivity index is 1.37. The molecule has 2 aliphatic rings. The smallest absolute Gasteiger partial charge is 0.231 e. The monoisotopic (exact) mass is 373 g/mol. The van der Waals surface area contributed by atoms with Gasteiger partial charge in [0.05, 0.1) is 0 Å². The van der Waals surface area contributed by atoms with Crippen molar-refractivity contribution in [3.63, 3.8) is 0 Å². The maximum Gasteiger partial charge on any atom is 0.231 e. The number of rotatable bonds is 5. The summed E-state index contributed by atoms with van der Waals surface area (Å²) in [6.45, 7) is 12.2. The quantitative estimate of drug-likeness (QED) is 0.864. The van der Waals surface area contributed by atoms with Gasteiger partial charge in [-0.25, -0.2) is 0 Å². The molecule has 0 saturated carbocycles. The van der Waals surface area contributed by atoms with Crippen molar-refractivity contribution >= 4 is 21.6 Å². The summed E-state index contributed by atoms with van der Waals surface area (Å²) >= 11 is 1.57. The van der Waals surface area contributed by atoms with E-state index in [-0.39, 0.29) is 0 Å². The van der Waals surface area contributed by atoms with Crippen molar-refractivity contribution in [2.45, 2.75) is 19.9 Å². The first-order chi connectivity index (χ1) is 12.6. The van der Waals surface area contributed by atoms with Gasteiger partial charge in [-0.15, -0.1) is 10.2 Å². The second-order valence-corrected chi connectivity index (χ2v) is 7.56. The lowest BCUT2D eigenvalue weighted by Gasteiger charge is -2.38. The van der Waals surface area contributed by atoms with Crippen LogP contribution >= 0.6 is 11.3 Å². The number of anilines is 2. The van der Waals surface area contributed by atoms with Crippen LogP contribution in [0.3, 0.4) is 0 Å². The third-order valence-corrected chi connectivity index (χ3v) is 5.65. The summed E-state index contributed by atoms with van der Waals surface area (Å²) < 4.78 is 10.9. The molecule has 8 heteroatoms. The first-order valence-electron chi connectivity index (χ1n) is 8.75. The highest BCUT2D eigenvalue weighted by atomic mass is 32.1. The fraction of sp³-hybridized carbons (Fsp3) is 0.444. The van der Waals surface area contributed by atoms with E-state index in [0.29, 0.717) is 12.8 Å². The molecule has 1 N–H and O–H groups in total. The second kappa shape index (κ2) is 7.13. The maximum atomic E-state index is 5.51. The fourth-order valence-corrected chi connectivity index (χ4v) is 4.13. The van der Waals surface area contributed by atoms with E-state index in [0.717, 1.165) is 53.6 Å². The SMILES string of the molecule is C=C(C)Nc1nnc(N2CCN(C(C)c3ccc4c(c3)OCO4)CC2)s1. The van der Waals surface area contributed by atoms with Crippen LogP contribution in [-0.4, -0.2) is 48.1 Å². The molecule has 0 spiro atoms. The zero-order valence-electron chi connectivity index (χ0n) is 15.1. The van der Waals surface area contributed by atoms with E-state index in [9.17, 15) is 0 Å². The molecule has 1 aromatic heterocycles. The van der Waals surface area contributed by atoms with Crippen molar-refractivity contribution in [2.24, 2.45) is 0 Å². The molecule has 0 amide bonds. The first kappa shape index (κ1) is 17.1. The van der Waals surface area contributed by atoms with Crippen LogP contribution in [0, 0.1) is 0 Å². The molecular weight excluding hydrogens is 350 g/mol. The highest BCUT2D eigenvalue weighted by Gasteiger charge is 2.25. The Morgan fingerprint density at radius 3 is 2.73 bits per heavy atom. The third-order valence-electron chi connectivity index (χ3n) is 4.75. The Kier molecular flexibility index (Phi) is 4.69. The van der Waals surface area contributed by atoms with Gasteiger partial charge in [0.1, 0.15) is 0 Å². The van der Waals surface area contributed by atoms with Gasteiger partial charge in [-0.2, -0.15) is 0 Å². The number of fused-ring (bicyclic) bond motifs is 1. The zero-order chi connectivity index (χ0) is 18.1. The summed E-state index contributed by atoms with van der Waals surface area (Å²) in [5.74, 6) is 1.68. The van der Waals surface area contributed by atoms with Crippen molar-refractivity contribution < 1.29 is 9.47 Å². The van der Waals surface area contributed by atoms with Crippen LogP contribution in [0.5, 0.6) is 11.5 Å². The summed E-state index contributed by atoms with van der Waals surface area (Å²) in [4.78, 5) is 4.78. The minimum absolute atomic E-state index is 0.315. The van der Waals surface area contributed by atoms with Crippen molar-refractivity contribution in [2.75, 3.05) is 43.2 Å². The highest BCUT2D eigenvalue weighted by Crippen LogP contribution is 2.36. The van der Waals surface area contributed by atoms with E-state index >= 15 is 0 Å². The van der Waals surface area contributed by atoms with E-state index in [1.807, 2.05) is 13.0 Å². The summed E-state index contributed by atoms with van der Waals surface area (Å²) in [5.41, 5.74) is 2.13. The van der Waals surface area contributed by atoms with Gasteiger partial charge in [-0.05, 0) is 31.5 Å². The minimum Gasteiger partial charge on any atom is -0.454 e. The number of nitrogens with zero attached hydrogens (tertiary/aromatic N) is 4. The second-order valence-electron chi connectivity index (χ2n) is 6.61. The van der Waals surface area contributed by atoms with Crippen molar-refractivity contribution in [1.29, 1.82) is 0 Å². The van der Waals surface area contributed by atoms with Gasteiger partial charge >= 0.3 is 0 Å². The van der Waals surface area contributed by atoms with E-state index in [1.165, 1.54) is 5.56 Å². The Hall–Kier alpha value is -2.32. The van der Waals surface area contributed by atoms with E-state index in [1.54, 1.807) is 11.3 Å². The van der Waals surface area contributed by atoms with Crippen LogP contribution in [0.2, 0.25) is 0 Å². The van der Waals surface area contributed by atoms with Gasteiger partial charge in [0.2, 0.25) is 17.1 Å². The highest BCUT2D eigenvalue weighted by molar-refractivity contribution is 7.19. The van der Waals surface area contributed by atoms with E-state index < -0.39 is 0 Å². The average molecular weight is 373 g/mol. The summed E-state index contributed by atoms with van der Waals surface area (Å²) in [5, 5.41) is 13.4. The van der Waals surface area contributed by atoms with Gasteiger partial charge in [0.15, 0.2) is 11.5 Å². The molecule has 138 valence electrons. The van der Waals surface area contributed by atoms with Crippen molar-refractivity contribution in [3.8, 4) is 11.5 Å². The average Bonchev–Trinajstić information content (AvgIpc) is 3.29. The van der Waals surface area contributed by atoms with Gasteiger partial charge in [-0.3, -0.25) is 4.90 Å². The number of hydrogen-bond donors (Lipinski definition) is 1. The standard InChI is InChI=1S/C18H23N5O2S/c1-12(2)19-17-20-21-18(26-17)23-8-6-22(7-9-23)13(3)14-4-5-15-16(10-14)25-11-24-15/h4-5,10,13H,1,6-9,11H2,2-3H3,(H,19,20). The van der Waals surface area contributed by atoms with Crippen LogP contribution in [0.25, 0.3) is 0 Å². The lowest BCUT2D eigenvalue weighted by molar-refractivity contribution is 0.173. The molecular formula is C18H23N5O2S. The minimum atomic E-state index is 0.315. The maximum absolute atomic E-state index is 5.51. The molecule has 3 heterocycles. The third kappa shape index (κ3) is 3.47.